The van der Waals surface area contributed by atoms with Crippen molar-refractivity contribution >= 4 is 17.7 Å². The number of nitrogens with one attached hydrogen (secondary N) is 1. The zero-order valence-electron chi connectivity index (χ0n) is 10.1. The predicted octanol–water partition coefficient (Wildman–Crippen LogP) is 1.69. The number of hydrogen-bond donors (Lipinski definition) is 2. The van der Waals surface area contributed by atoms with Gasteiger partial charge in [0.2, 0.25) is 5.91 Å². The molecule has 1 rings (SSSR count). The monoisotopic (exact) mass is 294 g/mol. The van der Waals surface area contributed by atoms with E-state index < -0.39 is 11.7 Å². The summed E-state index contributed by atoms with van der Waals surface area (Å²) in [5.74, 6) is -0.281. The highest BCUT2D eigenvalue weighted by molar-refractivity contribution is 7.99. The van der Waals surface area contributed by atoms with Crippen molar-refractivity contribution < 1.29 is 23.1 Å². The molecule has 0 aliphatic carbocycles. The van der Waals surface area contributed by atoms with Crippen LogP contribution < -0.4 is 5.32 Å². The molecule has 0 aliphatic rings. The second-order valence-corrected chi connectivity index (χ2v) is 4.82. The van der Waals surface area contributed by atoms with E-state index in [2.05, 4.69) is 10.3 Å². The third-order valence-electron chi connectivity index (χ3n) is 2.10. The Balaban J connectivity index is 2.48. The maximum absolute atomic E-state index is 12.3. The van der Waals surface area contributed by atoms with Crippen LogP contribution in [-0.2, 0) is 11.0 Å². The summed E-state index contributed by atoms with van der Waals surface area (Å²) in [5, 5.41) is 11.6. The largest absolute Gasteiger partial charge is 0.417 e. The topological polar surface area (TPSA) is 62.2 Å². The number of halogens is 3. The standard InChI is InChI=1S/C11H13F3N2O2S/c1-7(5-17)16-9(18)6-19-10-3-2-8(4-15-10)11(12,13)14/h2-4,7,17H,5-6H2,1H3,(H,16,18). The van der Waals surface area contributed by atoms with Gasteiger partial charge in [0.15, 0.2) is 0 Å². The zero-order chi connectivity index (χ0) is 14.5. The smallest absolute Gasteiger partial charge is 0.394 e. The van der Waals surface area contributed by atoms with Gasteiger partial charge in [-0.25, -0.2) is 4.98 Å². The Morgan fingerprint density at radius 2 is 2.21 bits per heavy atom. The molecule has 19 heavy (non-hydrogen) atoms. The molecule has 1 aromatic rings. The van der Waals surface area contributed by atoms with Gasteiger partial charge in [-0.2, -0.15) is 13.2 Å². The van der Waals surface area contributed by atoms with E-state index in [1.54, 1.807) is 6.92 Å². The number of nitrogens with zero attached hydrogens (tertiary/aromatic N) is 1. The molecule has 1 heterocycles. The number of aliphatic hydroxyl groups is 1. The van der Waals surface area contributed by atoms with Crippen LogP contribution >= 0.6 is 11.8 Å². The first-order valence-electron chi connectivity index (χ1n) is 5.39. The molecule has 0 aliphatic heterocycles. The van der Waals surface area contributed by atoms with Crippen LogP contribution in [0.3, 0.4) is 0 Å². The first-order valence-corrected chi connectivity index (χ1v) is 6.37. The molecule has 1 unspecified atom stereocenters. The summed E-state index contributed by atoms with van der Waals surface area (Å²) < 4.78 is 36.8. The Hall–Kier alpha value is -1.28. The molecule has 1 amide bonds. The van der Waals surface area contributed by atoms with Crippen molar-refractivity contribution in [1.29, 1.82) is 0 Å². The number of pyridine rings is 1. The van der Waals surface area contributed by atoms with Gasteiger partial charge in [0.1, 0.15) is 0 Å². The molecule has 0 bridgehead atoms. The van der Waals surface area contributed by atoms with E-state index in [1.165, 1.54) is 6.07 Å². The average Bonchev–Trinajstić information content (AvgIpc) is 2.35. The minimum absolute atomic E-state index is 0.0305. The fraction of sp³-hybridized carbons (Fsp3) is 0.455. The molecule has 0 aromatic carbocycles. The van der Waals surface area contributed by atoms with Crippen LogP contribution in [0.25, 0.3) is 0 Å². The van der Waals surface area contributed by atoms with Crippen LogP contribution in [0.5, 0.6) is 0 Å². The molecule has 0 spiro atoms. The second kappa shape index (κ2) is 6.76. The molecule has 4 nitrogen and oxygen atoms in total. The van der Waals surface area contributed by atoms with Crippen molar-refractivity contribution in [3.8, 4) is 0 Å². The molecule has 0 radical (unpaired) electrons. The Morgan fingerprint density at radius 1 is 1.53 bits per heavy atom. The molecule has 2 N–H and O–H groups in total. The van der Waals surface area contributed by atoms with Gasteiger partial charge in [-0.05, 0) is 19.1 Å². The van der Waals surface area contributed by atoms with Gasteiger partial charge >= 0.3 is 6.18 Å². The molecule has 1 atom stereocenters. The molecule has 1 aromatic heterocycles. The maximum atomic E-state index is 12.3. The number of aliphatic hydroxyl groups excluding tert-OH is 1. The molecule has 0 saturated heterocycles. The van der Waals surface area contributed by atoms with Gasteiger partial charge in [0.25, 0.3) is 0 Å². The number of thioether (sulfide) groups is 1. The molecular weight excluding hydrogens is 281 g/mol. The minimum Gasteiger partial charge on any atom is -0.394 e. The van der Waals surface area contributed by atoms with Crippen molar-refractivity contribution in [2.24, 2.45) is 0 Å². The van der Waals surface area contributed by atoms with Crippen molar-refractivity contribution in [3.05, 3.63) is 23.9 Å². The van der Waals surface area contributed by atoms with Crippen molar-refractivity contribution in [3.63, 3.8) is 0 Å². The summed E-state index contributed by atoms with van der Waals surface area (Å²) in [6.45, 7) is 1.47. The summed E-state index contributed by atoms with van der Waals surface area (Å²) in [7, 11) is 0. The lowest BCUT2D eigenvalue weighted by Gasteiger charge is -2.10. The summed E-state index contributed by atoms with van der Waals surface area (Å²) in [6, 6.07) is 1.79. The van der Waals surface area contributed by atoms with E-state index in [0.29, 0.717) is 5.03 Å². The number of carbonyl (C=O) groups is 1. The first-order chi connectivity index (χ1) is 8.82. The average molecular weight is 294 g/mol. The quantitative estimate of drug-likeness (QED) is 0.811. The van der Waals surface area contributed by atoms with E-state index in [0.717, 1.165) is 24.0 Å². The SMILES string of the molecule is CC(CO)NC(=O)CSc1ccc(C(F)(F)F)cn1. The Morgan fingerprint density at radius 3 is 2.68 bits per heavy atom. The van der Waals surface area contributed by atoms with Gasteiger partial charge in [-0.15, -0.1) is 0 Å². The Kier molecular flexibility index (Phi) is 5.61. The lowest BCUT2D eigenvalue weighted by atomic mass is 10.3. The highest BCUT2D eigenvalue weighted by Crippen LogP contribution is 2.29. The third-order valence-corrected chi connectivity index (χ3v) is 3.04. The zero-order valence-corrected chi connectivity index (χ0v) is 10.9. The van der Waals surface area contributed by atoms with E-state index in [4.69, 9.17) is 5.11 Å². The van der Waals surface area contributed by atoms with E-state index >= 15 is 0 Å². The highest BCUT2D eigenvalue weighted by atomic mass is 32.2. The highest BCUT2D eigenvalue weighted by Gasteiger charge is 2.30. The normalized spacial score (nSPS) is 13.1. The fourth-order valence-electron chi connectivity index (χ4n) is 1.13. The Labute approximate surface area is 112 Å². The molecular formula is C11H13F3N2O2S. The van der Waals surface area contributed by atoms with Gasteiger partial charge in [-0.3, -0.25) is 4.79 Å². The summed E-state index contributed by atoms with van der Waals surface area (Å²) >= 11 is 1.03. The van der Waals surface area contributed by atoms with Gasteiger partial charge in [0, 0.05) is 12.2 Å². The minimum atomic E-state index is -4.41. The molecule has 106 valence electrons. The van der Waals surface area contributed by atoms with Crippen LogP contribution in [0.1, 0.15) is 12.5 Å². The number of hydrogen-bond acceptors (Lipinski definition) is 4. The summed E-state index contributed by atoms with van der Waals surface area (Å²) in [6.07, 6.45) is -3.68. The number of aromatic nitrogens is 1. The second-order valence-electron chi connectivity index (χ2n) is 3.82. The predicted molar refractivity (Wildman–Crippen MR) is 64.7 cm³/mol. The van der Waals surface area contributed by atoms with Crippen LogP contribution in [0.2, 0.25) is 0 Å². The number of carbonyl (C=O) groups excluding carboxylic acids is 1. The fourth-order valence-corrected chi connectivity index (χ4v) is 1.79. The third kappa shape index (κ3) is 5.48. The molecule has 0 fully saturated rings. The molecule has 8 heteroatoms. The lowest BCUT2D eigenvalue weighted by Crippen LogP contribution is -2.36. The van der Waals surface area contributed by atoms with E-state index in [-0.39, 0.29) is 24.3 Å². The lowest BCUT2D eigenvalue weighted by molar-refractivity contribution is -0.137. The van der Waals surface area contributed by atoms with Crippen LogP contribution in [0, 0.1) is 0 Å². The van der Waals surface area contributed by atoms with Gasteiger partial charge in [0.05, 0.1) is 22.9 Å². The van der Waals surface area contributed by atoms with Gasteiger partial charge in [-0.1, -0.05) is 11.8 Å². The number of rotatable bonds is 5. The summed E-state index contributed by atoms with van der Waals surface area (Å²) in [4.78, 5) is 15.0. The first kappa shape index (κ1) is 15.8. The Bertz CT molecular complexity index is 423. The van der Waals surface area contributed by atoms with E-state index in [1.807, 2.05) is 0 Å². The number of alkyl halides is 3. The van der Waals surface area contributed by atoms with Crippen molar-refractivity contribution in [2.75, 3.05) is 12.4 Å². The van der Waals surface area contributed by atoms with Crippen molar-refractivity contribution in [1.82, 2.24) is 10.3 Å². The van der Waals surface area contributed by atoms with Gasteiger partial charge < -0.3 is 10.4 Å². The molecule has 0 saturated carbocycles. The van der Waals surface area contributed by atoms with Crippen molar-refractivity contribution in [2.45, 2.75) is 24.2 Å². The van der Waals surface area contributed by atoms with Crippen LogP contribution in [0.4, 0.5) is 13.2 Å². The van der Waals surface area contributed by atoms with Crippen LogP contribution in [-0.4, -0.2) is 34.4 Å². The number of amides is 1. The van der Waals surface area contributed by atoms with Crippen LogP contribution in [0.15, 0.2) is 23.4 Å². The maximum Gasteiger partial charge on any atom is 0.417 e. The summed E-state index contributed by atoms with van der Waals surface area (Å²) in [5.41, 5.74) is -0.824. The van der Waals surface area contributed by atoms with E-state index in [9.17, 15) is 18.0 Å².